The summed E-state index contributed by atoms with van der Waals surface area (Å²) in [6.07, 6.45) is 24.9. The first-order valence-corrected chi connectivity index (χ1v) is 29.0. The molecule has 1 saturated carbocycles. The molecule has 1 aliphatic heterocycles. The largest absolute Gasteiger partial charge is 0.491 e. The maximum atomic E-state index is 13.3. The molecule has 2 aromatic rings. The van der Waals surface area contributed by atoms with Gasteiger partial charge in [0.05, 0.1) is 23.3 Å². The van der Waals surface area contributed by atoms with Crippen LogP contribution in [0.25, 0.3) is 0 Å². The van der Waals surface area contributed by atoms with E-state index >= 15 is 0 Å². The van der Waals surface area contributed by atoms with Crippen molar-refractivity contribution in [2.75, 3.05) is 24.6 Å². The van der Waals surface area contributed by atoms with Crippen LogP contribution in [0.5, 0.6) is 5.75 Å². The van der Waals surface area contributed by atoms with E-state index in [1.54, 1.807) is 0 Å². The molecule has 2 aliphatic carbocycles. The van der Waals surface area contributed by atoms with Gasteiger partial charge in [0, 0.05) is 18.8 Å². The summed E-state index contributed by atoms with van der Waals surface area (Å²) in [7, 11) is -3.33. The van der Waals surface area contributed by atoms with Gasteiger partial charge in [-0.15, -0.1) is 11.1 Å². The SMILES string of the molecule is CCCCCCCCCCCCCCCCOc1c(C#C[Si](C)(C)C)cc(COC(=O)c2ccc(N3C[C@@H]4[C@H](C3)[C@@H]3C=C[C@H]4C3)cc2)cc1C#C[Si](C)(C)C. The van der Waals surface area contributed by atoms with Crippen LogP contribution in [0.1, 0.15) is 130 Å². The van der Waals surface area contributed by atoms with Crippen molar-refractivity contribution in [2.24, 2.45) is 23.7 Å². The molecule has 1 heterocycles. The fourth-order valence-electron chi connectivity index (χ4n) is 8.50. The number of ether oxygens (including phenoxy) is 2. The molecular weight excluding hydrogens is 707 g/mol. The Hall–Kier alpha value is -3.20. The van der Waals surface area contributed by atoms with Gasteiger partial charge in [-0.3, -0.25) is 0 Å². The Morgan fingerprint density at radius 3 is 1.64 bits per heavy atom. The van der Waals surface area contributed by atoms with Gasteiger partial charge in [-0.05, 0) is 78.5 Å². The molecular formula is C49H71NO3Si2. The Bertz CT molecular complexity index is 1620. The number of carbonyl (C=O) groups is 1. The lowest BCUT2D eigenvalue weighted by atomic mass is 9.86. The van der Waals surface area contributed by atoms with Crippen LogP contribution in [0.4, 0.5) is 5.69 Å². The average Bonchev–Trinajstić information content (AvgIpc) is 3.89. The van der Waals surface area contributed by atoms with E-state index in [0.717, 1.165) is 65.6 Å². The molecule has 3 aliphatic rings. The van der Waals surface area contributed by atoms with E-state index in [1.165, 1.54) is 95.6 Å². The number of nitrogens with zero attached hydrogens (tertiary/aromatic N) is 1. The minimum atomic E-state index is -1.66. The standard InChI is InChI=1S/C49H71NO3Si2/c1-8-9-10-11-12-13-14-15-16-17-18-19-20-21-30-52-48-43(28-31-54(2,3)4)33-39(34-44(48)29-32-55(5,6)7)38-53-49(51)40-24-26-45(27-25-40)50-36-46-41-22-23-42(35-41)47(46)37-50/h22-27,33-34,41-42,46-47H,8-21,30,35-38H2,1-7H3/t41-,42+,46-,47+. The summed E-state index contributed by atoms with van der Waals surface area (Å²) in [6.45, 7) is 18.9. The highest BCUT2D eigenvalue weighted by Gasteiger charge is 2.49. The van der Waals surface area contributed by atoms with Gasteiger partial charge in [0.1, 0.15) is 28.5 Å². The molecule has 6 heteroatoms. The molecule has 2 fully saturated rings. The molecule has 55 heavy (non-hydrogen) atoms. The summed E-state index contributed by atoms with van der Waals surface area (Å²) in [4.78, 5) is 15.8. The second-order valence-corrected chi connectivity index (χ2v) is 28.3. The van der Waals surface area contributed by atoms with E-state index in [9.17, 15) is 4.79 Å². The first-order valence-electron chi connectivity index (χ1n) is 22.0. The normalized spacial score (nSPS) is 19.8. The van der Waals surface area contributed by atoms with Crippen LogP contribution in [0, 0.1) is 46.6 Å². The van der Waals surface area contributed by atoms with Crippen LogP contribution in [-0.4, -0.2) is 41.8 Å². The number of carbonyl (C=O) groups excluding carboxylic acids is 1. The van der Waals surface area contributed by atoms with Crippen molar-refractivity contribution < 1.29 is 14.3 Å². The molecule has 0 radical (unpaired) electrons. The highest BCUT2D eigenvalue weighted by Crippen LogP contribution is 2.52. The van der Waals surface area contributed by atoms with E-state index in [1.807, 2.05) is 12.1 Å². The van der Waals surface area contributed by atoms with Gasteiger partial charge in [0.15, 0.2) is 0 Å². The van der Waals surface area contributed by atoms with Crippen LogP contribution in [-0.2, 0) is 11.3 Å². The minimum Gasteiger partial charge on any atom is -0.491 e. The summed E-state index contributed by atoms with van der Waals surface area (Å²) in [5, 5.41) is 0. The number of allylic oxidation sites excluding steroid dienone is 2. The second kappa shape index (κ2) is 20.8. The summed E-state index contributed by atoms with van der Waals surface area (Å²) < 4.78 is 12.5. The number of hydrogen-bond acceptors (Lipinski definition) is 4. The topological polar surface area (TPSA) is 38.8 Å². The van der Waals surface area contributed by atoms with Gasteiger partial charge in [0.25, 0.3) is 0 Å². The van der Waals surface area contributed by atoms with Gasteiger partial charge in [-0.1, -0.05) is 154 Å². The molecule has 0 spiro atoms. The lowest BCUT2D eigenvalue weighted by Crippen LogP contribution is -2.22. The Labute approximate surface area is 337 Å². The fourth-order valence-corrected chi connectivity index (χ4v) is 9.52. The van der Waals surface area contributed by atoms with Crippen molar-refractivity contribution in [1.29, 1.82) is 0 Å². The molecule has 2 bridgehead atoms. The van der Waals surface area contributed by atoms with Gasteiger partial charge < -0.3 is 14.4 Å². The zero-order valence-electron chi connectivity index (χ0n) is 35.5. The van der Waals surface area contributed by atoms with Gasteiger partial charge in [-0.2, -0.15) is 0 Å². The minimum absolute atomic E-state index is 0.161. The van der Waals surface area contributed by atoms with Crippen molar-refractivity contribution in [1.82, 2.24) is 0 Å². The second-order valence-electron chi connectivity index (χ2n) is 18.8. The van der Waals surface area contributed by atoms with E-state index < -0.39 is 16.1 Å². The Kier molecular flexibility index (Phi) is 16.3. The number of hydrogen-bond donors (Lipinski definition) is 0. The highest BCUT2D eigenvalue weighted by atomic mass is 28.3. The average molecular weight is 778 g/mol. The molecule has 298 valence electrons. The summed E-state index contributed by atoms with van der Waals surface area (Å²) in [5.41, 5.74) is 11.5. The van der Waals surface area contributed by atoms with E-state index in [4.69, 9.17) is 9.47 Å². The third-order valence-electron chi connectivity index (χ3n) is 11.5. The van der Waals surface area contributed by atoms with Gasteiger partial charge >= 0.3 is 5.97 Å². The molecule has 5 rings (SSSR count). The summed E-state index contributed by atoms with van der Waals surface area (Å²) in [6, 6.07) is 12.1. The molecule has 4 nitrogen and oxygen atoms in total. The molecule has 1 saturated heterocycles. The Morgan fingerprint density at radius 1 is 0.691 bits per heavy atom. The van der Waals surface area contributed by atoms with Crippen molar-refractivity contribution in [3.63, 3.8) is 0 Å². The summed E-state index contributed by atoms with van der Waals surface area (Å²) in [5.74, 6) is 10.5. The quantitative estimate of drug-likeness (QED) is 0.0441. The Morgan fingerprint density at radius 2 is 1.16 bits per heavy atom. The predicted molar refractivity (Wildman–Crippen MR) is 238 cm³/mol. The van der Waals surface area contributed by atoms with Crippen molar-refractivity contribution in [2.45, 2.75) is 149 Å². The highest BCUT2D eigenvalue weighted by molar-refractivity contribution is 6.84. The van der Waals surface area contributed by atoms with Gasteiger partial charge in [-0.25, -0.2) is 4.79 Å². The zero-order chi connectivity index (χ0) is 39.3. The monoisotopic (exact) mass is 777 g/mol. The molecule has 4 atom stereocenters. The third kappa shape index (κ3) is 13.8. The van der Waals surface area contributed by atoms with E-state index in [0.29, 0.717) is 12.2 Å². The van der Waals surface area contributed by atoms with Crippen molar-refractivity contribution in [3.8, 4) is 28.7 Å². The van der Waals surface area contributed by atoms with Crippen molar-refractivity contribution in [3.05, 3.63) is 70.8 Å². The number of anilines is 1. The molecule has 0 amide bonds. The number of fused-ring (bicyclic) bond motifs is 5. The summed E-state index contributed by atoms with van der Waals surface area (Å²) >= 11 is 0. The van der Waals surface area contributed by atoms with Crippen LogP contribution >= 0.6 is 0 Å². The Balaban J connectivity index is 1.15. The lowest BCUT2D eigenvalue weighted by Gasteiger charge is -2.21. The first-order chi connectivity index (χ1) is 26.4. The molecule has 0 unspecified atom stereocenters. The van der Waals surface area contributed by atoms with Crippen LogP contribution in [0.2, 0.25) is 39.3 Å². The van der Waals surface area contributed by atoms with Crippen LogP contribution in [0.15, 0.2) is 48.6 Å². The number of benzene rings is 2. The maximum Gasteiger partial charge on any atom is 0.338 e. The smallest absolute Gasteiger partial charge is 0.338 e. The molecule has 0 N–H and O–H groups in total. The van der Waals surface area contributed by atoms with Crippen LogP contribution in [0.3, 0.4) is 0 Å². The molecule has 0 aromatic heterocycles. The number of unbranched alkanes of at least 4 members (excludes halogenated alkanes) is 13. The zero-order valence-corrected chi connectivity index (χ0v) is 37.5. The number of esters is 1. The van der Waals surface area contributed by atoms with Crippen molar-refractivity contribution >= 4 is 27.8 Å². The van der Waals surface area contributed by atoms with E-state index in [2.05, 4.69) is 110 Å². The number of rotatable bonds is 20. The maximum absolute atomic E-state index is 13.3. The van der Waals surface area contributed by atoms with E-state index in [-0.39, 0.29) is 12.6 Å². The van der Waals surface area contributed by atoms with Gasteiger partial charge in [0.2, 0.25) is 0 Å². The lowest BCUT2D eigenvalue weighted by molar-refractivity contribution is 0.0472. The van der Waals surface area contributed by atoms with Crippen LogP contribution < -0.4 is 9.64 Å². The molecule has 2 aromatic carbocycles. The first kappa shape index (κ1) is 42.9. The third-order valence-corrected chi connectivity index (χ3v) is 13.3. The fraction of sp³-hybridized carbons (Fsp3) is 0.612. The predicted octanol–water partition coefficient (Wildman–Crippen LogP) is 12.6.